The first kappa shape index (κ1) is 20.5. The molecular weight excluding hydrogens is 374 g/mol. The van der Waals surface area contributed by atoms with Gasteiger partial charge in [0.2, 0.25) is 0 Å². The number of aryl methyl sites for hydroxylation is 1. The van der Waals surface area contributed by atoms with E-state index in [1.54, 1.807) is 5.57 Å². The van der Waals surface area contributed by atoms with Gasteiger partial charge in [0.05, 0.1) is 26.4 Å². The molecule has 0 spiro atoms. The van der Waals surface area contributed by atoms with Crippen LogP contribution in [0.4, 0.5) is 0 Å². The molecule has 0 amide bonds. The van der Waals surface area contributed by atoms with Gasteiger partial charge in [-0.2, -0.15) is 0 Å². The Hall–Kier alpha value is -1.36. The van der Waals surface area contributed by atoms with Crippen LogP contribution in [0.5, 0.6) is 5.75 Å². The van der Waals surface area contributed by atoms with Gasteiger partial charge in [0.25, 0.3) is 0 Å². The van der Waals surface area contributed by atoms with Crippen LogP contribution < -0.4 is 0 Å². The number of nitrogens with zero attached hydrogens (tertiary/aromatic N) is 1. The quantitative estimate of drug-likeness (QED) is 0.571. The summed E-state index contributed by atoms with van der Waals surface area (Å²) in [5, 5.41) is 9.88. The summed E-state index contributed by atoms with van der Waals surface area (Å²) in [6.45, 7) is 8.93. The van der Waals surface area contributed by atoms with E-state index in [4.69, 9.17) is 9.47 Å². The van der Waals surface area contributed by atoms with Crippen LogP contribution >= 0.6 is 0 Å². The average Bonchev–Trinajstić information content (AvgIpc) is 3.10. The van der Waals surface area contributed by atoms with Gasteiger partial charge in [-0.1, -0.05) is 24.6 Å². The van der Waals surface area contributed by atoms with Crippen molar-refractivity contribution in [2.24, 2.45) is 17.3 Å². The number of rotatable bonds is 5. The molecule has 3 fully saturated rings. The Morgan fingerprint density at radius 2 is 2.07 bits per heavy atom. The summed E-state index contributed by atoms with van der Waals surface area (Å²) >= 11 is 0. The van der Waals surface area contributed by atoms with Gasteiger partial charge in [-0.3, -0.25) is 4.90 Å². The van der Waals surface area contributed by atoms with E-state index in [0.717, 1.165) is 64.3 Å². The van der Waals surface area contributed by atoms with Crippen LogP contribution in [0.2, 0.25) is 0 Å². The second-order valence-electron chi connectivity index (χ2n) is 10.1. The van der Waals surface area contributed by atoms with Gasteiger partial charge in [0, 0.05) is 19.6 Å². The lowest BCUT2D eigenvalue weighted by atomic mass is 9.55. The van der Waals surface area contributed by atoms with Crippen LogP contribution in [-0.4, -0.2) is 56.1 Å². The molecule has 1 heterocycles. The highest BCUT2D eigenvalue weighted by Gasteiger charge is 2.52. The van der Waals surface area contributed by atoms with Crippen LogP contribution in [0.15, 0.2) is 29.8 Å². The molecular formula is C26H37NO3. The molecule has 0 aromatic heterocycles. The summed E-state index contributed by atoms with van der Waals surface area (Å²) < 4.78 is 11.4. The summed E-state index contributed by atoms with van der Waals surface area (Å²) in [6.07, 6.45) is 9.99. The zero-order valence-electron chi connectivity index (χ0n) is 18.4. The number of benzene rings is 1. The summed E-state index contributed by atoms with van der Waals surface area (Å²) in [5.74, 6) is 2.72. The second kappa shape index (κ2) is 8.64. The van der Waals surface area contributed by atoms with Crippen LogP contribution in [0.3, 0.4) is 0 Å². The monoisotopic (exact) mass is 411 g/mol. The molecule has 0 radical (unpaired) electrons. The topological polar surface area (TPSA) is 41.9 Å². The molecule has 1 aliphatic heterocycles. The van der Waals surface area contributed by atoms with Crippen molar-refractivity contribution in [3.05, 3.63) is 41.0 Å². The zero-order valence-corrected chi connectivity index (χ0v) is 18.4. The fourth-order valence-electron chi connectivity index (χ4n) is 7.01. The van der Waals surface area contributed by atoms with Crippen molar-refractivity contribution in [1.29, 1.82) is 0 Å². The first-order valence-corrected chi connectivity index (χ1v) is 12.0. The Bertz CT molecular complexity index is 784. The van der Waals surface area contributed by atoms with E-state index >= 15 is 0 Å². The molecule has 164 valence electrons. The minimum absolute atomic E-state index is 0.364. The van der Waals surface area contributed by atoms with Gasteiger partial charge >= 0.3 is 0 Å². The largest absolute Gasteiger partial charge is 0.508 e. The van der Waals surface area contributed by atoms with Crippen LogP contribution in [0.1, 0.15) is 56.1 Å². The highest BCUT2D eigenvalue weighted by molar-refractivity contribution is 5.40. The molecule has 2 saturated carbocycles. The minimum atomic E-state index is 0.364. The van der Waals surface area contributed by atoms with Crippen molar-refractivity contribution in [1.82, 2.24) is 4.90 Å². The number of hydrogen-bond acceptors (Lipinski definition) is 4. The van der Waals surface area contributed by atoms with Crippen molar-refractivity contribution in [3.8, 4) is 5.75 Å². The third-order valence-corrected chi connectivity index (χ3v) is 8.66. The molecule has 3 aliphatic carbocycles. The maximum atomic E-state index is 9.88. The van der Waals surface area contributed by atoms with Crippen molar-refractivity contribution in [2.75, 3.05) is 46.1 Å². The maximum absolute atomic E-state index is 9.88. The normalized spacial score (nSPS) is 35.1. The molecule has 1 aromatic carbocycles. The number of phenolic OH excluding ortho intramolecular Hbond substituents is 1. The fraction of sp³-hybridized carbons (Fsp3) is 0.692. The van der Waals surface area contributed by atoms with E-state index in [2.05, 4.69) is 24.0 Å². The Balaban J connectivity index is 1.20. The lowest BCUT2D eigenvalue weighted by Gasteiger charge is -2.49. The van der Waals surface area contributed by atoms with Gasteiger partial charge in [-0.15, -0.1) is 0 Å². The predicted molar refractivity (Wildman–Crippen MR) is 119 cm³/mol. The van der Waals surface area contributed by atoms with E-state index < -0.39 is 0 Å². The molecule has 30 heavy (non-hydrogen) atoms. The van der Waals surface area contributed by atoms with Crippen LogP contribution in [-0.2, 0) is 15.9 Å². The predicted octanol–water partition coefficient (Wildman–Crippen LogP) is 4.52. The summed E-state index contributed by atoms with van der Waals surface area (Å²) in [5.41, 5.74) is 4.94. The van der Waals surface area contributed by atoms with Gasteiger partial charge in [-0.05, 0) is 85.0 Å². The van der Waals surface area contributed by atoms with Gasteiger partial charge in [0.15, 0.2) is 0 Å². The molecule has 0 bridgehead atoms. The highest BCUT2D eigenvalue weighted by atomic mass is 16.5. The lowest BCUT2D eigenvalue weighted by molar-refractivity contribution is 0.0232. The van der Waals surface area contributed by atoms with Crippen LogP contribution in [0.25, 0.3) is 0 Å². The number of morpholine rings is 1. The van der Waals surface area contributed by atoms with E-state index in [1.807, 2.05) is 12.1 Å². The van der Waals surface area contributed by atoms with Crippen molar-refractivity contribution in [3.63, 3.8) is 0 Å². The Labute approximate surface area is 181 Å². The molecule has 1 aromatic rings. The molecule has 4 atom stereocenters. The maximum Gasteiger partial charge on any atom is 0.115 e. The van der Waals surface area contributed by atoms with Gasteiger partial charge < -0.3 is 14.6 Å². The number of ether oxygens (including phenoxy) is 2. The number of hydrogen-bond donors (Lipinski definition) is 1. The number of aromatic hydroxyl groups is 1. The Morgan fingerprint density at radius 1 is 1.20 bits per heavy atom. The minimum Gasteiger partial charge on any atom is -0.508 e. The molecule has 4 heteroatoms. The zero-order chi connectivity index (χ0) is 20.6. The molecule has 4 aliphatic rings. The van der Waals surface area contributed by atoms with Gasteiger partial charge in [-0.25, -0.2) is 0 Å². The lowest BCUT2D eigenvalue weighted by Crippen LogP contribution is -2.40. The Morgan fingerprint density at radius 3 is 2.93 bits per heavy atom. The first-order valence-electron chi connectivity index (χ1n) is 12.0. The summed E-state index contributed by atoms with van der Waals surface area (Å²) in [6, 6.07) is 6.11. The molecule has 1 saturated heterocycles. The number of fused-ring (bicyclic) bond motifs is 5. The number of allylic oxidation sites excluding steroid dienone is 1. The van der Waals surface area contributed by atoms with Crippen molar-refractivity contribution < 1.29 is 14.6 Å². The second-order valence-corrected chi connectivity index (χ2v) is 10.1. The van der Waals surface area contributed by atoms with Gasteiger partial charge in [0.1, 0.15) is 5.75 Å². The highest BCUT2D eigenvalue weighted by Crippen LogP contribution is 2.62. The molecule has 1 N–H and O–H groups in total. The third kappa shape index (κ3) is 3.83. The third-order valence-electron chi connectivity index (χ3n) is 8.66. The fourth-order valence-corrected chi connectivity index (χ4v) is 7.01. The molecule has 4 nitrogen and oxygen atoms in total. The van der Waals surface area contributed by atoms with E-state index in [0.29, 0.717) is 17.1 Å². The van der Waals surface area contributed by atoms with E-state index in [1.165, 1.54) is 43.2 Å². The summed E-state index contributed by atoms with van der Waals surface area (Å²) in [7, 11) is 0. The smallest absolute Gasteiger partial charge is 0.115 e. The van der Waals surface area contributed by atoms with Crippen molar-refractivity contribution >= 4 is 0 Å². The Kier molecular flexibility index (Phi) is 5.92. The molecule has 0 unspecified atom stereocenters. The SMILES string of the molecule is C[C@]12CC[C@@H]3c4ccc(O)cc4CC[C@H]3[C@@H]1CC/C2=C\COCCN1CCOCC1. The summed E-state index contributed by atoms with van der Waals surface area (Å²) in [4.78, 5) is 2.44. The molecule has 5 rings (SSSR count). The van der Waals surface area contributed by atoms with E-state index in [9.17, 15) is 5.11 Å². The first-order chi connectivity index (χ1) is 14.6. The average molecular weight is 412 g/mol. The van der Waals surface area contributed by atoms with Crippen LogP contribution in [0, 0.1) is 17.3 Å². The van der Waals surface area contributed by atoms with E-state index in [-0.39, 0.29) is 0 Å². The van der Waals surface area contributed by atoms with Crippen molar-refractivity contribution in [2.45, 2.75) is 51.4 Å². The standard InChI is InChI=1S/C26H37NO3/c1-26-10-8-23-22-6-4-21(28)18-19(22)2-5-24(23)25(26)7-3-20(26)9-14-29-15-11-27-12-16-30-17-13-27/h4,6,9,18,23-25,28H,2-3,5,7-8,10-17H2,1H3/b20-9+/t23-,24-,25+,26-/m1/s1. The number of phenols is 1.